The molecule has 0 bridgehead atoms. The molecule has 0 radical (unpaired) electrons. The van der Waals surface area contributed by atoms with Gasteiger partial charge < -0.3 is 5.32 Å². The summed E-state index contributed by atoms with van der Waals surface area (Å²) in [4.78, 5) is 0. The fourth-order valence-electron chi connectivity index (χ4n) is 2.02. The number of aryl methyl sites for hydroxylation is 1. The fourth-order valence-corrected chi connectivity index (χ4v) is 2.33. The lowest BCUT2D eigenvalue weighted by Gasteiger charge is -2.10. The van der Waals surface area contributed by atoms with Gasteiger partial charge in [0.1, 0.15) is 0 Å². The number of hydrogen-bond acceptors (Lipinski definition) is 1. The molecule has 2 rings (SSSR count). The summed E-state index contributed by atoms with van der Waals surface area (Å²) in [6.07, 6.45) is 2.40. The van der Waals surface area contributed by atoms with Crippen molar-refractivity contribution in [2.45, 2.75) is 19.8 Å². The van der Waals surface area contributed by atoms with Gasteiger partial charge in [-0.3, -0.25) is 0 Å². The van der Waals surface area contributed by atoms with E-state index in [1.807, 2.05) is 0 Å². The van der Waals surface area contributed by atoms with Crippen molar-refractivity contribution in [2.75, 3.05) is 13.1 Å². The molecule has 1 aliphatic rings. The van der Waals surface area contributed by atoms with Crippen molar-refractivity contribution in [3.8, 4) is 0 Å². The minimum absolute atomic E-state index is 0.773. The third-order valence-electron chi connectivity index (χ3n) is 2.88. The lowest BCUT2D eigenvalue weighted by Crippen LogP contribution is -2.10. The van der Waals surface area contributed by atoms with Crippen LogP contribution in [0.3, 0.4) is 0 Å². The molecule has 1 heterocycles. The van der Waals surface area contributed by atoms with E-state index in [1.54, 1.807) is 0 Å². The zero-order chi connectivity index (χ0) is 9.97. The molecule has 1 N–H and O–H groups in total. The Balaban J connectivity index is 2.08. The Morgan fingerprint density at radius 3 is 3.00 bits per heavy atom. The molecule has 1 fully saturated rings. The Morgan fingerprint density at radius 1 is 1.50 bits per heavy atom. The van der Waals surface area contributed by atoms with Gasteiger partial charge in [0.25, 0.3) is 0 Å². The average molecular weight is 210 g/mol. The van der Waals surface area contributed by atoms with E-state index in [1.165, 1.54) is 17.5 Å². The first-order valence-electron chi connectivity index (χ1n) is 5.21. The SMILES string of the molecule is Cc1ccc(CC2CCNC2)c(Cl)c1. The van der Waals surface area contributed by atoms with Gasteiger partial charge in [0, 0.05) is 5.02 Å². The molecule has 1 aromatic carbocycles. The van der Waals surface area contributed by atoms with E-state index in [-0.39, 0.29) is 0 Å². The predicted octanol–water partition coefficient (Wildman–Crippen LogP) is 2.80. The van der Waals surface area contributed by atoms with Crippen molar-refractivity contribution < 1.29 is 0 Å². The predicted molar refractivity (Wildman–Crippen MR) is 60.9 cm³/mol. The summed E-state index contributed by atoms with van der Waals surface area (Å²) < 4.78 is 0. The van der Waals surface area contributed by atoms with Gasteiger partial charge in [-0.05, 0) is 56.0 Å². The van der Waals surface area contributed by atoms with Gasteiger partial charge in [0.2, 0.25) is 0 Å². The highest BCUT2D eigenvalue weighted by atomic mass is 35.5. The van der Waals surface area contributed by atoms with E-state index in [0.29, 0.717) is 0 Å². The Labute approximate surface area is 90.5 Å². The molecule has 14 heavy (non-hydrogen) atoms. The van der Waals surface area contributed by atoms with Crippen LogP contribution in [-0.4, -0.2) is 13.1 Å². The fraction of sp³-hybridized carbons (Fsp3) is 0.500. The first-order chi connectivity index (χ1) is 6.75. The number of hydrogen-bond donors (Lipinski definition) is 1. The molecule has 0 aromatic heterocycles. The maximum Gasteiger partial charge on any atom is 0.0440 e. The molecule has 1 aliphatic heterocycles. The van der Waals surface area contributed by atoms with Crippen LogP contribution in [0.15, 0.2) is 18.2 Å². The van der Waals surface area contributed by atoms with E-state index in [0.717, 1.165) is 30.5 Å². The number of benzene rings is 1. The summed E-state index contributed by atoms with van der Waals surface area (Å²) in [5.74, 6) is 0.773. The Morgan fingerprint density at radius 2 is 2.36 bits per heavy atom. The minimum atomic E-state index is 0.773. The summed E-state index contributed by atoms with van der Waals surface area (Å²) in [6, 6.07) is 6.36. The van der Waals surface area contributed by atoms with Gasteiger partial charge in [0.05, 0.1) is 0 Å². The van der Waals surface area contributed by atoms with E-state index in [2.05, 4.69) is 30.4 Å². The Hall–Kier alpha value is -0.530. The van der Waals surface area contributed by atoms with Gasteiger partial charge in [-0.2, -0.15) is 0 Å². The molecular formula is C12H16ClN. The number of rotatable bonds is 2. The van der Waals surface area contributed by atoms with Crippen LogP contribution in [0.5, 0.6) is 0 Å². The van der Waals surface area contributed by atoms with Crippen LogP contribution in [-0.2, 0) is 6.42 Å². The second-order valence-corrected chi connectivity index (χ2v) is 4.57. The largest absolute Gasteiger partial charge is 0.316 e. The molecule has 2 heteroatoms. The van der Waals surface area contributed by atoms with Crippen molar-refractivity contribution in [3.63, 3.8) is 0 Å². The monoisotopic (exact) mass is 209 g/mol. The summed E-state index contributed by atoms with van der Waals surface area (Å²) in [7, 11) is 0. The van der Waals surface area contributed by atoms with Gasteiger partial charge in [-0.1, -0.05) is 23.7 Å². The van der Waals surface area contributed by atoms with Crippen LogP contribution >= 0.6 is 11.6 Å². The second kappa shape index (κ2) is 4.33. The van der Waals surface area contributed by atoms with Gasteiger partial charge >= 0.3 is 0 Å². The first kappa shape index (κ1) is 10.0. The van der Waals surface area contributed by atoms with Gasteiger partial charge in [-0.25, -0.2) is 0 Å². The zero-order valence-electron chi connectivity index (χ0n) is 8.52. The smallest absolute Gasteiger partial charge is 0.0440 e. The standard InChI is InChI=1S/C12H16ClN/c1-9-2-3-11(12(13)6-9)7-10-4-5-14-8-10/h2-3,6,10,14H,4-5,7-8H2,1H3. The lowest BCUT2D eigenvalue weighted by molar-refractivity contribution is 0.580. The Kier molecular flexibility index (Phi) is 3.09. The van der Waals surface area contributed by atoms with Crippen LogP contribution < -0.4 is 5.32 Å². The minimum Gasteiger partial charge on any atom is -0.316 e. The Bertz CT molecular complexity index is 316. The summed E-state index contributed by atoms with van der Waals surface area (Å²) >= 11 is 6.19. The molecule has 0 amide bonds. The van der Waals surface area contributed by atoms with Crippen LogP contribution in [0.25, 0.3) is 0 Å². The normalized spacial score (nSPS) is 21.4. The third kappa shape index (κ3) is 2.28. The van der Waals surface area contributed by atoms with Crippen molar-refractivity contribution in [1.29, 1.82) is 0 Å². The maximum atomic E-state index is 6.19. The summed E-state index contributed by atoms with van der Waals surface area (Å²) in [5.41, 5.74) is 2.54. The van der Waals surface area contributed by atoms with Gasteiger partial charge in [0.15, 0.2) is 0 Å². The van der Waals surface area contributed by atoms with Gasteiger partial charge in [-0.15, -0.1) is 0 Å². The third-order valence-corrected chi connectivity index (χ3v) is 3.23. The highest BCUT2D eigenvalue weighted by Crippen LogP contribution is 2.22. The lowest BCUT2D eigenvalue weighted by atomic mass is 9.98. The first-order valence-corrected chi connectivity index (χ1v) is 5.59. The van der Waals surface area contributed by atoms with Crippen molar-refractivity contribution in [2.24, 2.45) is 5.92 Å². The van der Waals surface area contributed by atoms with E-state index in [9.17, 15) is 0 Å². The maximum absolute atomic E-state index is 6.19. The number of halogens is 1. The summed E-state index contributed by atoms with van der Waals surface area (Å²) in [5, 5.41) is 4.31. The molecule has 1 saturated heterocycles. The van der Waals surface area contributed by atoms with E-state index >= 15 is 0 Å². The molecule has 1 unspecified atom stereocenters. The van der Waals surface area contributed by atoms with Crippen molar-refractivity contribution in [3.05, 3.63) is 34.3 Å². The molecule has 1 atom stereocenters. The van der Waals surface area contributed by atoms with E-state index < -0.39 is 0 Å². The summed E-state index contributed by atoms with van der Waals surface area (Å²) in [6.45, 7) is 4.38. The number of nitrogens with one attached hydrogen (secondary N) is 1. The molecular weight excluding hydrogens is 194 g/mol. The topological polar surface area (TPSA) is 12.0 Å². The highest BCUT2D eigenvalue weighted by Gasteiger charge is 2.15. The quantitative estimate of drug-likeness (QED) is 0.790. The molecule has 0 spiro atoms. The molecule has 1 aromatic rings. The molecule has 76 valence electrons. The molecule has 0 saturated carbocycles. The van der Waals surface area contributed by atoms with Crippen molar-refractivity contribution >= 4 is 11.6 Å². The highest BCUT2D eigenvalue weighted by molar-refractivity contribution is 6.31. The second-order valence-electron chi connectivity index (χ2n) is 4.16. The average Bonchev–Trinajstić information content (AvgIpc) is 2.62. The zero-order valence-corrected chi connectivity index (χ0v) is 9.27. The van der Waals surface area contributed by atoms with Crippen LogP contribution in [0, 0.1) is 12.8 Å². The van der Waals surface area contributed by atoms with Crippen molar-refractivity contribution in [1.82, 2.24) is 5.32 Å². The van der Waals surface area contributed by atoms with Crippen LogP contribution in [0.2, 0.25) is 5.02 Å². The molecule has 1 nitrogen and oxygen atoms in total. The molecule has 0 aliphatic carbocycles. The van der Waals surface area contributed by atoms with E-state index in [4.69, 9.17) is 11.6 Å². The van der Waals surface area contributed by atoms with Crippen LogP contribution in [0.4, 0.5) is 0 Å². The van der Waals surface area contributed by atoms with Crippen LogP contribution in [0.1, 0.15) is 17.5 Å².